The molecule has 2 amide bonds. The van der Waals surface area contributed by atoms with Crippen molar-refractivity contribution in [3.63, 3.8) is 0 Å². The Labute approximate surface area is 113 Å². The quantitative estimate of drug-likeness (QED) is 0.653. The first kappa shape index (κ1) is 15.8. The summed E-state index contributed by atoms with van der Waals surface area (Å²) >= 11 is 0. The number of carbonyl (C=O) groups excluding carboxylic acids is 1. The van der Waals surface area contributed by atoms with E-state index in [0.29, 0.717) is 19.4 Å². The lowest BCUT2D eigenvalue weighted by atomic mass is 9.86. The van der Waals surface area contributed by atoms with Gasteiger partial charge in [0.1, 0.15) is 0 Å². The molecule has 1 aliphatic rings. The zero-order chi connectivity index (χ0) is 14.3. The second-order valence-corrected chi connectivity index (χ2v) is 5.30. The maximum Gasteiger partial charge on any atom is 0.315 e. The monoisotopic (exact) mass is 272 g/mol. The average molecular weight is 272 g/mol. The van der Waals surface area contributed by atoms with Crippen LogP contribution in [0.4, 0.5) is 4.79 Å². The summed E-state index contributed by atoms with van der Waals surface area (Å²) in [5.74, 6) is -0.808. The molecule has 1 rings (SSSR count). The molecule has 1 atom stereocenters. The van der Waals surface area contributed by atoms with Crippen molar-refractivity contribution in [2.24, 2.45) is 5.41 Å². The van der Waals surface area contributed by atoms with Crippen molar-refractivity contribution in [1.29, 1.82) is 0 Å². The third-order valence-corrected chi connectivity index (χ3v) is 3.73. The van der Waals surface area contributed by atoms with Gasteiger partial charge in [-0.1, -0.05) is 12.8 Å². The molecule has 0 bridgehead atoms. The summed E-state index contributed by atoms with van der Waals surface area (Å²) in [6.45, 7) is 2.67. The van der Waals surface area contributed by atoms with Gasteiger partial charge in [0.15, 0.2) is 0 Å². The zero-order valence-electron chi connectivity index (χ0n) is 11.7. The van der Waals surface area contributed by atoms with Crippen LogP contribution < -0.4 is 10.6 Å². The van der Waals surface area contributed by atoms with E-state index in [-0.39, 0.29) is 18.6 Å². The molecule has 1 aliphatic carbocycles. The zero-order valence-corrected chi connectivity index (χ0v) is 11.7. The van der Waals surface area contributed by atoms with Crippen molar-refractivity contribution in [3.8, 4) is 0 Å². The lowest BCUT2D eigenvalue weighted by Gasteiger charge is -2.24. The average Bonchev–Trinajstić information content (AvgIpc) is 2.84. The molecular formula is C13H24N2O4. The van der Waals surface area contributed by atoms with Crippen LogP contribution in [0, 0.1) is 5.41 Å². The number of hydrogen-bond acceptors (Lipinski definition) is 3. The summed E-state index contributed by atoms with van der Waals surface area (Å²) in [7, 11) is 1.61. The van der Waals surface area contributed by atoms with E-state index in [2.05, 4.69) is 10.6 Å². The summed E-state index contributed by atoms with van der Waals surface area (Å²) in [4.78, 5) is 23.0. The first-order valence-corrected chi connectivity index (χ1v) is 6.77. The van der Waals surface area contributed by atoms with Crippen molar-refractivity contribution >= 4 is 12.0 Å². The highest BCUT2D eigenvalue weighted by Gasteiger charge is 2.41. The molecule has 0 saturated heterocycles. The normalized spacial score (nSPS) is 18.8. The predicted octanol–water partition coefficient (Wildman–Crippen LogP) is 1.36. The minimum Gasteiger partial charge on any atom is -0.481 e. The van der Waals surface area contributed by atoms with Crippen LogP contribution in [0.1, 0.15) is 39.0 Å². The third-order valence-electron chi connectivity index (χ3n) is 3.73. The molecule has 0 spiro atoms. The highest BCUT2D eigenvalue weighted by atomic mass is 16.5. The number of carbonyl (C=O) groups is 2. The fourth-order valence-electron chi connectivity index (χ4n) is 2.41. The van der Waals surface area contributed by atoms with Crippen LogP contribution in [-0.2, 0) is 9.53 Å². The maximum absolute atomic E-state index is 11.7. The highest BCUT2D eigenvalue weighted by molar-refractivity contribution is 5.78. The number of carboxylic acid groups (broad SMARTS) is 1. The first-order chi connectivity index (χ1) is 9.00. The van der Waals surface area contributed by atoms with Crippen LogP contribution in [0.2, 0.25) is 0 Å². The van der Waals surface area contributed by atoms with Gasteiger partial charge in [0.2, 0.25) is 0 Å². The Balaban J connectivity index is 2.34. The molecule has 0 radical (unpaired) electrons. The fraction of sp³-hybridized carbons (Fsp3) is 0.846. The van der Waals surface area contributed by atoms with Gasteiger partial charge >= 0.3 is 12.0 Å². The molecule has 3 N–H and O–H groups in total. The van der Waals surface area contributed by atoms with E-state index >= 15 is 0 Å². The van der Waals surface area contributed by atoms with Gasteiger partial charge in [-0.25, -0.2) is 4.79 Å². The number of methoxy groups -OCH3 is 1. The van der Waals surface area contributed by atoms with Gasteiger partial charge in [-0.15, -0.1) is 0 Å². The van der Waals surface area contributed by atoms with Crippen LogP contribution in [0.25, 0.3) is 0 Å². The molecule has 0 aromatic carbocycles. The lowest BCUT2D eigenvalue weighted by molar-refractivity contribution is -0.148. The Kier molecular flexibility index (Phi) is 6.08. The number of nitrogens with one attached hydrogen (secondary N) is 2. The number of ether oxygens (including phenoxy) is 1. The van der Waals surface area contributed by atoms with Crippen molar-refractivity contribution in [2.45, 2.75) is 45.1 Å². The van der Waals surface area contributed by atoms with Crippen molar-refractivity contribution < 1.29 is 19.4 Å². The SMILES string of the molecule is COCCC(C)NC(=O)NCC1(C(=O)O)CCCC1. The minimum atomic E-state index is -0.808. The van der Waals surface area contributed by atoms with Crippen molar-refractivity contribution in [3.05, 3.63) is 0 Å². The van der Waals surface area contributed by atoms with E-state index in [9.17, 15) is 14.7 Å². The molecule has 0 aromatic rings. The van der Waals surface area contributed by atoms with Gasteiger partial charge in [-0.05, 0) is 26.2 Å². The van der Waals surface area contributed by atoms with E-state index in [1.807, 2.05) is 6.92 Å². The molecular weight excluding hydrogens is 248 g/mol. The number of urea groups is 1. The van der Waals surface area contributed by atoms with Crippen LogP contribution in [0.3, 0.4) is 0 Å². The van der Waals surface area contributed by atoms with Gasteiger partial charge in [-0.2, -0.15) is 0 Å². The predicted molar refractivity (Wildman–Crippen MR) is 71.0 cm³/mol. The second-order valence-electron chi connectivity index (χ2n) is 5.30. The van der Waals surface area contributed by atoms with E-state index in [4.69, 9.17) is 4.74 Å². The summed E-state index contributed by atoms with van der Waals surface area (Å²) < 4.78 is 4.93. The Hall–Kier alpha value is -1.30. The van der Waals surface area contributed by atoms with E-state index in [0.717, 1.165) is 19.3 Å². The summed E-state index contributed by atoms with van der Waals surface area (Å²) in [5, 5.41) is 14.7. The Morgan fingerprint density at radius 3 is 2.53 bits per heavy atom. The summed E-state index contributed by atoms with van der Waals surface area (Å²) in [6, 6.07) is -0.305. The summed E-state index contributed by atoms with van der Waals surface area (Å²) in [6.07, 6.45) is 3.84. The smallest absolute Gasteiger partial charge is 0.315 e. The number of amides is 2. The molecule has 110 valence electrons. The van der Waals surface area contributed by atoms with Gasteiger partial charge in [0.25, 0.3) is 0 Å². The van der Waals surface area contributed by atoms with E-state index in [1.165, 1.54) is 0 Å². The number of aliphatic carboxylic acids is 1. The van der Waals surface area contributed by atoms with Crippen LogP contribution >= 0.6 is 0 Å². The Morgan fingerprint density at radius 2 is 2.00 bits per heavy atom. The molecule has 1 unspecified atom stereocenters. The Bertz CT molecular complexity index is 314. The molecule has 6 heteroatoms. The number of rotatable bonds is 7. The highest BCUT2D eigenvalue weighted by Crippen LogP contribution is 2.37. The molecule has 1 saturated carbocycles. The minimum absolute atomic E-state index is 0.00399. The Morgan fingerprint density at radius 1 is 1.37 bits per heavy atom. The van der Waals surface area contributed by atoms with Gasteiger partial charge in [0.05, 0.1) is 5.41 Å². The first-order valence-electron chi connectivity index (χ1n) is 6.77. The maximum atomic E-state index is 11.7. The standard InChI is InChI=1S/C13H24N2O4/c1-10(5-8-19-2)15-12(18)14-9-13(11(16)17)6-3-4-7-13/h10H,3-9H2,1-2H3,(H,16,17)(H2,14,15,18). The van der Waals surface area contributed by atoms with Gasteiger partial charge in [-0.3, -0.25) is 4.79 Å². The molecule has 0 aliphatic heterocycles. The number of carboxylic acids is 1. The van der Waals surface area contributed by atoms with Crippen LogP contribution in [0.15, 0.2) is 0 Å². The van der Waals surface area contributed by atoms with Gasteiger partial charge < -0.3 is 20.5 Å². The van der Waals surface area contributed by atoms with Crippen LogP contribution in [-0.4, -0.2) is 43.4 Å². The van der Waals surface area contributed by atoms with Crippen molar-refractivity contribution in [1.82, 2.24) is 10.6 Å². The van der Waals surface area contributed by atoms with Crippen LogP contribution in [0.5, 0.6) is 0 Å². The van der Waals surface area contributed by atoms with Gasteiger partial charge in [0, 0.05) is 26.3 Å². The van der Waals surface area contributed by atoms with E-state index in [1.54, 1.807) is 7.11 Å². The number of hydrogen-bond donors (Lipinski definition) is 3. The fourth-order valence-corrected chi connectivity index (χ4v) is 2.41. The molecule has 19 heavy (non-hydrogen) atoms. The second kappa shape index (κ2) is 7.33. The van der Waals surface area contributed by atoms with Crippen molar-refractivity contribution in [2.75, 3.05) is 20.3 Å². The molecule has 6 nitrogen and oxygen atoms in total. The lowest BCUT2D eigenvalue weighted by Crippen LogP contribution is -2.47. The molecule has 0 aromatic heterocycles. The largest absolute Gasteiger partial charge is 0.481 e. The molecule has 0 heterocycles. The third kappa shape index (κ3) is 4.70. The van der Waals surface area contributed by atoms with E-state index < -0.39 is 11.4 Å². The molecule has 1 fully saturated rings. The summed E-state index contributed by atoms with van der Waals surface area (Å²) in [5.41, 5.74) is -0.771. The topological polar surface area (TPSA) is 87.7 Å².